The molecule has 2 aromatic rings. The Kier molecular flexibility index (Phi) is 4.80. The predicted octanol–water partition coefficient (Wildman–Crippen LogP) is 4.00. The topological polar surface area (TPSA) is 38.3 Å². The highest BCUT2D eigenvalue weighted by Gasteiger charge is 2.04. The molecular weight excluding hydrogens is 274 g/mol. The maximum absolute atomic E-state index is 11.8. The van der Waals surface area contributed by atoms with Gasteiger partial charge in [0.15, 0.2) is 0 Å². The van der Waals surface area contributed by atoms with Gasteiger partial charge in [0.25, 0.3) is 0 Å². The molecule has 1 N–H and O–H groups in total. The second-order valence-corrected chi connectivity index (χ2v) is 4.49. The molecule has 0 unspecified atom stereocenters. The zero-order chi connectivity index (χ0) is 14.4. The number of methoxy groups -OCH3 is 1. The van der Waals surface area contributed by atoms with Gasteiger partial charge >= 0.3 is 0 Å². The van der Waals surface area contributed by atoms with Crippen LogP contribution in [-0.2, 0) is 4.79 Å². The number of amides is 1. The standard InChI is InChI=1S/C16H14ClNO2/c1-20-13-8-9-15(14(17)11-13)18-16(19)10-7-12-5-3-2-4-6-12/h2-11H,1H3,(H,18,19). The van der Waals surface area contributed by atoms with Crippen LogP contribution in [0, 0.1) is 0 Å². The molecule has 0 radical (unpaired) electrons. The fourth-order valence-electron chi connectivity index (χ4n) is 1.63. The Morgan fingerprint density at radius 2 is 1.95 bits per heavy atom. The van der Waals surface area contributed by atoms with Crippen molar-refractivity contribution in [2.75, 3.05) is 12.4 Å². The zero-order valence-electron chi connectivity index (χ0n) is 11.0. The number of halogens is 1. The zero-order valence-corrected chi connectivity index (χ0v) is 11.7. The largest absolute Gasteiger partial charge is 0.497 e. The number of anilines is 1. The summed E-state index contributed by atoms with van der Waals surface area (Å²) >= 11 is 6.05. The minimum absolute atomic E-state index is 0.235. The number of carbonyl (C=O) groups excluding carboxylic acids is 1. The summed E-state index contributed by atoms with van der Waals surface area (Å²) in [6.45, 7) is 0. The Hall–Kier alpha value is -2.26. The van der Waals surface area contributed by atoms with Crippen LogP contribution in [0.5, 0.6) is 5.75 Å². The van der Waals surface area contributed by atoms with E-state index >= 15 is 0 Å². The lowest BCUT2D eigenvalue weighted by Crippen LogP contribution is -2.08. The Labute approximate surface area is 122 Å². The summed E-state index contributed by atoms with van der Waals surface area (Å²) in [6.07, 6.45) is 3.21. The molecule has 20 heavy (non-hydrogen) atoms. The van der Waals surface area contributed by atoms with Crippen LogP contribution in [0.4, 0.5) is 5.69 Å². The Morgan fingerprint density at radius 1 is 1.20 bits per heavy atom. The first-order valence-electron chi connectivity index (χ1n) is 6.06. The predicted molar refractivity (Wildman–Crippen MR) is 82.1 cm³/mol. The third-order valence-corrected chi connectivity index (χ3v) is 2.97. The van der Waals surface area contributed by atoms with Crippen LogP contribution in [0.2, 0.25) is 5.02 Å². The minimum Gasteiger partial charge on any atom is -0.497 e. The minimum atomic E-state index is -0.235. The number of nitrogens with one attached hydrogen (secondary N) is 1. The van der Waals surface area contributed by atoms with Crippen LogP contribution >= 0.6 is 11.6 Å². The highest BCUT2D eigenvalue weighted by molar-refractivity contribution is 6.34. The molecule has 0 atom stereocenters. The fourth-order valence-corrected chi connectivity index (χ4v) is 1.85. The van der Waals surface area contributed by atoms with Crippen LogP contribution in [0.1, 0.15) is 5.56 Å². The van der Waals surface area contributed by atoms with Crippen molar-refractivity contribution < 1.29 is 9.53 Å². The van der Waals surface area contributed by atoms with Gasteiger partial charge in [0.2, 0.25) is 5.91 Å². The van der Waals surface area contributed by atoms with E-state index in [2.05, 4.69) is 5.32 Å². The molecule has 0 spiro atoms. The van der Waals surface area contributed by atoms with Gasteiger partial charge in [0, 0.05) is 12.1 Å². The molecule has 2 rings (SSSR count). The number of rotatable bonds is 4. The normalized spacial score (nSPS) is 10.5. The van der Waals surface area contributed by atoms with Crippen molar-refractivity contribution in [1.82, 2.24) is 0 Å². The van der Waals surface area contributed by atoms with Gasteiger partial charge in [0.05, 0.1) is 17.8 Å². The van der Waals surface area contributed by atoms with Crippen molar-refractivity contribution >= 4 is 29.3 Å². The average Bonchev–Trinajstić information content (AvgIpc) is 2.48. The van der Waals surface area contributed by atoms with E-state index in [-0.39, 0.29) is 5.91 Å². The van der Waals surface area contributed by atoms with Gasteiger partial charge < -0.3 is 10.1 Å². The van der Waals surface area contributed by atoms with Gasteiger partial charge in [-0.05, 0) is 23.8 Å². The summed E-state index contributed by atoms with van der Waals surface area (Å²) in [7, 11) is 1.56. The molecule has 4 heteroatoms. The summed E-state index contributed by atoms with van der Waals surface area (Å²) < 4.78 is 5.05. The molecule has 0 aliphatic rings. The fraction of sp³-hybridized carbons (Fsp3) is 0.0625. The van der Waals surface area contributed by atoms with Gasteiger partial charge in [-0.15, -0.1) is 0 Å². The molecular formula is C16H14ClNO2. The van der Waals surface area contributed by atoms with E-state index in [4.69, 9.17) is 16.3 Å². The van der Waals surface area contributed by atoms with E-state index in [0.717, 1.165) is 5.56 Å². The van der Waals surface area contributed by atoms with Crippen LogP contribution in [0.3, 0.4) is 0 Å². The maximum atomic E-state index is 11.8. The maximum Gasteiger partial charge on any atom is 0.248 e. The van der Waals surface area contributed by atoms with Crippen LogP contribution in [0.25, 0.3) is 6.08 Å². The van der Waals surface area contributed by atoms with E-state index in [1.54, 1.807) is 31.4 Å². The van der Waals surface area contributed by atoms with Crippen LogP contribution in [-0.4, -0.2) is 13.0 Å². The lowest BCUT2D eigenvalue weighted by Gasteiger charge is -2.06. The van der Waals surface area contributed by atoms with Gasteiger partial charge in [-0.3, -0.25) is 4.79 Å². The highest BCUT2D eigenvalue weighted by Crippen LogP contribution is 2.26. The molecule has 1 amide bonds. The van der Waals surface area contributed by atoms with Crippen molar-refractivity contribution in [3.8, 4) is 5.75 Å². The van der Waals surface area contributed by atoms with E-state index in [0.29, 0.717) is 16.5 Å². The lowest BCUT2D eigenvalue weighted by molar-refractivity contribution is -0.111. The van der Waals surface area contributed by atoms with Crippen molar-refractivity contribution in [2.45, 2.75) is 0 Å². The Balaban J connectivity index is 2.03. The van der Waals surface area contributed by atoms with Crippen LogP contribution in [0.15, 0.2) is 54.6 Å². The second-order valence-electron chi connectivity index (χ2n) is 4.08. The summed E-state index contributed by atoms with van der Waals surface area (Å²) in [5, 5.41) is 3.15. The first-order chi connectivity index (χ1) is 9.69. The summed E-state index contributed by atoms with van der Waals surface area (Å²) in [5.74, 6) is 0.411. The number of hydrogen-bond donors (Lipinski definition) is 1. The molecule has 0 saturated carbocycles. The van der Waals surface area contributed by atoms with Crippen LogP contribution < -0.4 is 10.1 Å². The first kappa shape index (κ1) is 14.2. The molecule has 3 nitrogen and oxygen atoms in total. The summed E-state index contributed by atoms with van der Waals surface area (Å²) in [6, 6.07) is 14.7. The van der Waals surface area contributed by atoms with E-state index in [1.807, 2.05) is 30.3 Å². The molecule has 2 aromatic carbocycles. The van der Waals surface area contributed by atoms with Crippen molar-refractivity contribution in [3.05, 3.63) is 65.2 Å². The van der Waals surface area contributed by atoms with Crippen molar-refractivity contribution in [1.29, 1.82) is 0 Å². The number of ether oxygens (including phenoxy) is 1. The van der Waals surface area contributed by atoms with Gasteiger partial charge in [-0.1, -0.05) is 41.9 Å². The first-order valence-corrected chi connectivity index (χ1v) is 6.44. The quantitative estimate of drug-likeness (QED) is 0.863. The van der Waals surface area contributed by atoms with Crippen molar-refractivity contribution in [3.63, 3.8) is 0 Å². The number of benzene rings is 2. The van der Waals surface area contributed by atoms with Crippen molar-refractivity contribution in [2.24, 2.45) is 0 Å². The number of carbonyl (C=O) groups is 1. The Morgan fingerprint density at radius 3 is 2.60 bits per heavy atom. The van der Waals surface area contributed by atoms with Gasteiger partial charge in [0.1, 0.15) is 5.75 Å². The molecule has 0 heterocycles. The smallest absolute Gasteiger partial charge is 0.248 e. The SMILES string of the molecule is COc1ccc(NC(=O)C=Cc2ccccc2)c(Cl)c1. The molecule has 0 saturated heterocycles. The molecule has 0 aromatic heterocycles. The summed E-state index contributed by atoms with van der Waals surface area (Å²) in [5.41, 5.74) is 1.51. The van der Waals surface area contributed by atoms with E-state index in [9.17, 15) is 4.79 Å². The monoisotopic (exact) mass is 287 g/mol. The molecule has 0 fully saturated rings. The molecule has 102 valence electrons. The van der Waals surface area contributed by atoms with Gasteiger partial charge in [-0.2, -0.15) is 0 Å². The average molecular weight is 288 g/mol. The Bertz CT molecular complexity index is 624. The molecule has 0 bridgehead atoms. The highest BCUT2D eigenvalue weighted by atomic mass is 35.5. The lowest BCUT2D eigenvalue weighted by atomic mass is 10.2. The molecule has 0 aliphatic heterocycles. The van der Waals surface area contributed by atoms with Gasteiger partial charge in [-0.25, -0.2) is 0 Å². The third kappa shape index (κ3) is 3.87. The second kappa shape index (κ2) is 6.78. The van der Waals surface area contributed by atoms with E-state index in [1.165, 1.54) is 6.08 Å². The third-order valence-electron chi connectivity index (χ3n) is 2.66. The van der Waals surface area contributed by atoms with E-state index < -0.39 is 0 Å². The number of hydrogen-bond acceptors (Lipinski definition) is 2. The molecule has 0 aliphatic carbocycles. The summed E-state index contributed by atoms with van der Waals surface area (Å²) in [4.78, 5) is 11.8.